The summed E-state index contributed by atoms with van der Waals surface area (Å²) >= 11 is 0. The van der Waals surface area contributed by atoms with Crippen LogP contribution in [0.2, 0.25) is 0 Å². The molecule has 0 saturated carbocycles. The number of rotatable bonds is 6. The molecule has 0 aliphatic carbocycles. The van der Waals surface area contributed by atoms with Gasteiger partial charge in [-0.1, -0.05) is 12.1 Å². The molecule has 4 nitrogen and oxygen atoms in total. The summed E-state index contributed by atoms with van der Waals surface area (Å²) in [6.07, 6.45) is 0.188. The lowest BCUT2D eigenvalue weighted by atomic mass is 10.4. The Morgan fingerprint density at radius 3 is 3.00 bits per heavy atom. The lowest BCUT2D eigenvalue weighted by Gasteiger charge is -1.98. The van der Waals surface area contributed by atoms with E-state index in [4.69, 9.17) is 0 Å². The number of aromatic nitrogens is 3. The van der Waals surface area contributed by atoms with Crippen molar-refractivity contribution in [3.05, 3.63) is 11.9 Å². The summed E-state index contributed by atoms with van der Waals surface area (Å²) in [5, 5.41) is 10.5. The first-order chi connectivity index (χ1) is 6.72. The van der Waals surface area contributed by atoms with Gasteiger partial charge in [-0.3, -0.25) is 0 Å². The second-order valence-corrected chi connectivity index (χ2v) is 3.00. The van der Waals surface area contributed by atoms with Crippen LogP contribution in [0.15, 0.2) is 6.20 Å². The molecule has 1 aromatic heterocycles. The first-order valence-electron chi connectivity index (χ1n) is 4.60. The molecular weight excluding hydrogens is 190 g/mol. The van der Waals surface area contributed by atoms with E-state index in [-0.39, 0.29) is 6.54 Å². The standard InChI is InChI=1S/C8H14F2N4/c1-2-3-11-4-7-5-14(13-12-7)6-8(9)10/h5,8,11H,2-4,6H2,1H3. The summed E-state index contributed by atoms with van der Waals surface area (Å²) in [6.45, 7) is 3.14. The van der Waals surface area contributed by atoms with Gasteiger partial charge in [0.15, 0.2) is 0 Å². The van der Waals surface area contributed by atoms with Crippen LogP contribution in [0.3, 0.4) is 0 Å². The molecule has 1 N–H and O–H groups in total. The van der Waals surface area contributed by atoms with Crippen molar-refractivity contribution < 1.29 is 8.78 Å². The third-order valence-corrected chi connectivity index (χ3v) is 1.64. The summed E-state index contributed by atoms with van der Waals surface area (Å²) in [5.74, 6) is 0. The molecule has 0 atom stereocenters. The van der Waals surface area contributed by atoms with Crippen LogP contribution in [0.1, 0.15) is 19.0 Å². The fourth-order valence-electron chi connectivity index (χ4n) is 1.04. The minimum absolute atomic E-state index is 0.388. The van der Waals surface area contributed by atoms with Crippen LogP contribution in [-0.2, 0) is 13.1 Å². The molecule has 0 aliphatic heterocycles. The summed E-state index contributed by atoms with van der Waals surface area (Å²) in [7, 11) is 0. The molecule has 1 rings (SSSR count). The molecule has 6 heteroatoms. The van der Waals surface area contributed by atoms with E-state index in [2.05, 4.69) is 22.6 Å². The third-order valence-electron chi connectivity index (χ3n) is 1.64. The van der Waals surface area contributed by atoms with Gasteiger partial charge in [0.1, 0.15) is 6.54 Å². The molecule has 0 unspecified atom stereocenters. The van der Waals surface area contributed by atoms with Crippen LogP contribution in [0.25, 0.3) is 0 Å². The van der Waals surface area contributed by atoms with E-state index in [0.717, 1.165) is 17.6 Å². The number of hydrogen-bond donors (Lipinski definition) is 1. The number of hydrogen-bond acceptors (Lipinski definition) is 3. The predicted octanol–water partition coefficient (Wildman–Crippen LogP) is 1.04. The third kappa shape index (κ3) is 3.78. The number of alkyl halides is 2. The van der Waals surface area contributed by atoms with Gasteiger partial charge >= 0.3 is 0 Å². The van der Waals surface area contributed by atoms with E-state index in [1.165, 1.54) is 6.20 Å². The van der Waals surface area contributed by atoms with Crippen LogP contribution in [0.5, 0.6) is 0 Å². The molecule has 0 spiro atoms. The predicted molar refractivity (Wildman–Crippen MR) is 48.0 cm³/mol. The largest absolute Gasteiger partial charge is 0.311 e. The Morgan fingerprint density at radius 1 is 1.57 bits per heavy atom. The molecule has 0 aromatic carbocycles. The Kier molecular flexibility index (Phi) is 4.45. The number of nitrogens with zero attached hydrogens (tertiary/aromatic N) is 3. The Balaban J connectivity index is 2.35. The second-order valence-electron chi connectivity index (χ2n) is 3.00. The van der Waals surface area contributed by atoms with Gasteiger partial charge in [0.25, 0.3) is 6.43 Å². The molecule has 14 heavy (non-hydrogen) atoms. The molecule has 1 aromatic rings. The molecule has 0 fully saturated rings. The maximum absolute atomic E-state index is 11.9. The van der Waals surface area contributed by atoms with Crippen molar-refractivity contribution in [3.63, 3.8) is 0 Å². The van der Waals surface area contributed by atoms with Gasteiger partial charge in [-0.2, -0.15) is 0 Å². The fraction of sp³-hybridized carbons (Fsp3) is 0.750. The van der Waals surface area contributed by atoms with E-state index < -0.39 is 6.43 Å². The Hall–Kier alpha value is -1.04. The van der Waals surface area contributed by atoms with E-state index in [9.17, 15) is 8.78 Å². The highest BCUT2D eigenvalue weighted by Gasteiger charge is 2.06. The van der Waals surface area contributed by atoms with Crippen LogP contribution >= 0.6 is 0 Å². The van der Waals surface area contributed by atoms with Crippen molar-refractivity contribution in [1.82, 2.24) is 20.3 Å². The zero-order valence-corrected chi connectivity index (χ0v) is 8.08. The number of nitrogens with one attached hydrogen (secondary N) is 1. The van der Waals surface area contributed by atoms with E-state index in [0.29, 0.717) is 12.2 Å². The maximum Gasteiger partial charge on any atom is 0.257 e. The minimum atomic E-state index is -2.38. The second kappa shape index (κ2) is 5.64. The quantitative estimate of drug-likeness (QED) is 0.704. The summed E-state index contributed by atoms with van der Waals surface area (Å²) in [5.41, 5.74) is 0.694. The van der Waals surface area contributed by atoms with Gasteiger partial charge in [-0.15, -0.1) is 5.10 Å². The molecule has 1 heterocycles. The Bertz CT molecular complexity index is 262. The van der Waals surface area contributed by atoms with Gasteiger partial charge in [0.05, 0.1) is 5.69 Å². The van der Waals surface area contributed by atoms with E-state index in [1.807, 2.05) is 0 Å². The van der Waals surface area contributed by atoms with E-state index >= 15 is 0 Å². The zero-order valence-electron chi connectivity index (χ0n) is 8.08. The lowest BCUT2D eigenvalue weighted by molar-refractivity contribution is 0.121. The smallest absolute Gasteiger partial charge is 0.257 e. The van der Waals surface area contributed by atoms with Gasteiger partial charge in [0, 0.05) is 12.7 Å². The fourth-order valence-corrected chi connectivity index (χ4v) is 1.04. The highest BCUT2D eigenvalue weighted by atomic mass is 19.3. The first kappa shape index (κ1) is 11.0. The highest BCUT2D eigenvalue weighted by molar-refractivity contribution is 4.91. The van der Waals surface area contributed by atoms with Gasteiger partial charge in [-0.25, -0.2) is 13.5 Å². The molecule has 0 saturated heterocycles. The molecule has 0 bridgehead atoms. The Morgan fingerprint density at radius 2 is 2.36 bits per heavy atom. The molecule has 0 radical (unpaired) electrons. The minimum Gasteiger partial charge on any atom is -0.311 e. The topological polar surface area (TPSA) is 42.7 Å². The average molecular weight is 204 g/mol. The highest BCUT2D eigenvalue weighted by Crippen LogP contribution is 1.98. The molecule has 0 amide bonds. The Labute approximate surface area is 81.3 Å². The zero-order chi connectivity index (χ0) is 10.4. The maximum atomic E-state index is 11.9. The normalized spacial score (nSPS) is 11.1. The van der Waals surface area contributed by atoms with Gasteiger partial charge in [0.2, 0.25) is 0 Å². The van der Waals surface area contributed by atoms with Crippen LogP contribution in [0, 0.1) is 0 Å². The van der Waals surface area contributed by atoms with Crippen LogP contribution < -0.4 is 5.32 Å². The van der Waals surface area contributed by atoms with Crippen molar-refractivity contribution in [1.29, 1.82) is 0 Å². The van der Waals surface area contributed by atoms with Crippen LogP contribution in [0.4, 0.5) is 8.78 Å². The summed E-state index contributed by atoms with van der Waals surface area (Å²) in [4.78, 5) is 0. The van der Waals surface area contributed by atoms with Crippen molar-refractivity contribution in [2.24, 2.45) is 0 Å². The van der Waals surface area contributed by atoms with Crippen molar-refractivity contribution in [3.8, 4) is 0 Å². The van der Waals surface area contributed by atoms with Gasteiger partial charge in [-0.05, 0) is 13.0 Å². The van der Waals surface area contributed by atoms with Crippen molar-refractivity contribution >= 4 is 0 Å². The molecular formula is C8H14F2N4. The van der Waals surface area contributed by atoms with E-state index in [1.54, 1.807) is 0 Å². The molecule has 80 valence electrons. The summed E-state index contributed by atoms with van der Waals surface area (Å²) in [6, 6.07) is 0. The lowest BCUT2D eigenvalue weighted by Crippen LogP contribution is -2.14. The van der Waals surface area contributed by atoms with Gasteiger partial charge < -0.3 is 5.32 Å². The van der Waals surface area contributed by atoms with Crippen molar-refractivity contribution in [2.75, 3.05) is 6.54 Å². The first-order valence-corrected chi connectivity index (χ1v) is 4.60. The van der Waals surface area contributed by atoms with Crippen LogP contribution in [-0.4, -0.2) is 28.0 Å². The number of halogens is 2. The monoisotopic (exact) mass is 204 g/mol. The summed E-state index contributed by atoms with van der Waals surface area (Å²) < 4.78 is 25.0. The van der Waals surface area contributed by atoms with Crippen molar-refractivity contribution in [2.45, 2.75) is 32.9 Å². The average Bonchev–Trinajstić information content (AvgIpc) is 2.52. The SMILES string of the molecule is CCCNCc1cn(CC(F)F)nn1. The molecule has 0 aliphatic rings.